The zero-order valence-corrected chi connectivity index (χ0v) is 17.8. The molecule has 1 aliphatic carbocycles. The first kappa shape index (κ1) is 18.7. The molecule has 146 valence electrons. The monoisotopic (exact) mass is 385 g/mol. The van der Waals surface area contributed by atoms with Crippen molar-refractivity contribution >= 4 is 33.1 Å². The molecule has 2 aromatic rings. The zero-order valence-electron chi connectivity index (χ0n) is 17.0. The lowest BCUT2D eigenvalue weighted by atomic mass is 9.81. The number of amides is 1. The van der Waals surface area contributed by atoms with Gasteiger partial charge < -0.3 is 10.6 Å². The van der Waals surface area contributed by atoms with E-state index in [2.05, 4.69) is 38.7 Å². The van der Waals surface area contributed by atoms with Gasteiger partial charge in [-0.1, -0.05) is 34.1 Å². The van der Waals surface area contributed by atoms with E-state index >= 15 is 0 Å². The second kappa shape index (κ2) is 6.47. The minimum atomic E-state index is 0.104. The van der Waals surface area contributed by atoms with Gasteiger partial charge in [0, 0.05) is 23.7 Å². The van der Waals surface area contributed by atoms with Gasteiger partial charge in [0.15, 0.2) is 0 Å². The Labute approximate surface area is 166 Å². The van der Waals surface area contributed by atoms with E-state index in [0.29, 0.717) is 22.0 Å². The van der Waals surface area contributed by atoms with Crippen molar-refractivity contribution in [2.24, 2.45) is 10.8 Å². The highest BCUT2D eigenvalue weighted by Crippen LogP contribution is 2.56. The fourth-order valence-electron chi connectivity index (χ4n) is 5.37. The van der Waals surface area contributed by atoms with Crippen LogP contribution in [0.4, 0.5) is 5.69 Å². The van der Waals surface area contributed by atoms with Gasteiger partial charge in [0.1, 0.15) is 9.71 Å². The van der Waals surface area contributed by atoms with Crippen molar-refractivity contribution in [2.45, 2.75) is 72.3 Å². The number of unbranched alkanes of at least 4 members (excludes halogenated alkanes) is 1. The van der Waals surface area contributed by atoms with Crippen molar-refractivity contribution in [1.29, 1.82) is 0 Å². The second-order valence-corrected chi connectivity index (χ2v) is 10.5. The number of carbonyl (C=O) groups is 1. The Hall–Kier alpha value is -1.62. The van der Waals surface area contributed by atoms with E-state index in [4.69, 9.17) is 10.7 Å². The molecule has 1 saturated carbocycles. The molecule has 2 bridgehead atoms. The molecule has 1 saturated heterocycles. The summed E-state index contributed by atoms with van der Waals surface area (Å²) in [5.41, 5.74) is 8.66. The first-order chi connectivity index (χ1) is 12.7. The Bertz CT molecular complexity index is 887. The molecule has 2 atom stereocenters. The molecule has 2 N–H and O–H groups in total. The number of aryl methyl sites for hydroxylation is 1. The number of thiophene rings is 1. The number of anilines is 1. The molecule has 4 rings (SSSR count). The maximum absolute atomic E-state index is 13.5. The number of piperidine rings is 1. The third-order valence-electron chi connectivity index (χ3n) is 6.70. The number of rotatable bonds is 4. The van der Waals surface area contributed by atoms with Crippen molar-refractivity contribution < 1.29 is 4.79 Å². The van der Waals surface area contributed by atoms with Crippen LogP contribution in [0.1, 0.15) is 75.2 Å². The summed E-state index contributed by atoms with van der Waals surface area (Å²) in [4.78, 5) is 21.9. The molecule has 0 radical (unpaired) electrons. The van der Waals surface area contributed by atoms with Gasteiger partial charge in [0.2, 0.25) is 0 Å². The molecular weight excluding hydrogens is 354 g/mol. The van der Waals surface area contributed by atoms with Crippen LogP contribution in [-0.4, -0.2) is 28.4 Å². The van der Waals surface area contributed by atoms with Crippen LogP contribution < -0.4 is 5.73 Å². The van der Waals surface area contributed by atoms with Crippen molar-refractivity contribution in [3.05, 3.63) is 22.7 Å². The molecule has 4 nitrogen and oxygen atoms in total. The number of pyridine rings is 1. The first-order valence-corrected chi connectivity index (χ1v) is 11.0. The minimum absolute atomic E-state index is 0.104. The molecule has 5 heteroatoms. The van der Waals surface area contributed by atoms with Crippen molar-refractivity contribution in [3.63, 3.8) is 0 Å². The molecule has 2 aromatic heterocycles. The Balaban J connectivity index is 1.65. The van der Waals surface area contributed by atoms with E-state index in [1.54, 1.807) is 0 Å². The summed E-state index contributed by atoms with van der Waals surface area (Å²) < 4.78 is 0. The lowest BCUT2D eigenvalue weighted by molar-refractivity contribution is 0.0480. The van der Waals surface area contributed by atoms with Gasteiger partial charge in [-0.2, -0.15) is 0 Å². The predicted octanol–water partition coefficient (Wildman–Crippen LogP) is 5.26. The van der Waals surface area contributed by atoms with E-state index in [0.717, 1.165) is 54.6 Å². The van der Waals surface area contributed by atoms with E-state index < -0.39 is 0 Å². The van der Waals surface area contributed by atoms with Crippen LogP contribution in [0.2, 0.25) is 0 Å². The lowest BCUT2D eigenvalue weighted by Crippen LogP contribution is -2.48. The molecule has 1 aliphatic heterocycles. The highest BCUT2D eigenvalue weighted by molar-refractivity contribution is 7.21. The topological polar surface area (TPSA) is 59.2 Å². The van der Waals surface area contributed by atoms with Gasteiger partial charge in [-0.15, -0.1) is 11.3 Å². The third kappa shape index (κ3) is 3.14. The van der Waals surface area contributed by atoms with Crippen LogP contribution in [-0.2, 0) is 6.42 Å². The maximum Gasteiger partial charge on any atom is 0.266 e. The summed E-state index contributed by atoms with van der Waals surface area (Å²) in [6.45, 7) is 10.0. The summed E-state index contributed by atoms with van der Waals surface area (Å²) in [7, 11) is 0. The zero-order chi connectivity index (χ0) is 19.4. The van der Waals surface area contributed by atoms with Crippen LogP contribution in [0.5, 0.6) is 0 Å². The summed E-state index contributed by atoms with van der Waals surface area (Å²) in [5, 5.41) is 0.927. The van der Waals surface area contributed by atoms with Crippen LogP contribution >= 0.6 is 11.3 Å². The van der Waals surface area contributed by atoms with Crippen molar-refractivity contribution in [1.82, 2.24) is 9.88 Å². The summed E-state index contributed by atoms with van der Waals surface area (Å²) in [5.74, 6) is 0.104. The minimum Gasteiger partial charge on any atom is -0.397 e. The van der Waals surface area contributed by atoms with Crippen LogP contribution in [0.25, 0.3) is 10.2 Å². The highest BCUT2D eigenvalue weighted by atomic mass is 32.1. The smallest absolute Gasteiger partial charge is 0.266 e. The number of aromatic nitrogens is 1. The molecule has 0 spiro atoms. The van der Waals surface area contributed by atoms with Gasteiger partial charge >= 0.3 is 0 Å². The highest BCUT2D eigenvalue weighted by Gasteiger charge is 2.53. The van der Waals surface area contributed by atoms with Crippen molar-refractivity contribution in [3.8, 4) is 0 Å². The van der Waals surface area contributed by atoms with E-state index in [-0.39, 0.29) is 11.3 Å². The third-order valence-corrected chi connectivity index (χ3v) is 7.80. The Kier molecular flexibility index (Phi) is 4.49. The van der Waals surface area contributed by atoms with Gasteiger partial charge in [0.05, 0.1) is 5.69 Å². The Morgan fingerprint density at radius 1 is 1.37 bits per heavy atom. The fourth-order valence-corrected chi connectivity index (χ4v) is 6.44. The number of nitrogens with zero attached hydrogens (tertiary/aromatic N) is 2. The predicted molar refractivity (Wildman–Crippen MR) is 113 cm³/mol. The average Bonchev–Trinajstić information content (AvgIpc) is 3.03. The van der Waals surface area contributed by atoms with E-state index in [1.807, 2.05) is 6.07 Å². The number of likely N-dealkylation sites (tertiary alicyclic amines) is 1. The first-order valence-electron chi connectivity index (χ1n) is 10.2. The molecule has 27 heavy (non-hydrogen) atoms. The number of nitrogens with two attached hydrogens (primary N) is 1. The summed E-state index contributed by atoms with van der Waals surface area (Å²) in [6.07, 6.45) is 6.65. The van der Waals surface area contributed by atoms with E-state index in [1.165, 1.54) is 17.8 Å². The average molecular weight is 386 g/mol. The standard InChI is InChI=1S/C22H31N3OS/c1-5-6-7-14-8-9-15-17(23)18(27-19(15)24-14)20(26)25-11-10-22(4)12-16(25)21(2,3)13-22/h8-9,16H,5-7,10-13,23H2,1-4H3. The molecule has 3 heterocycles. The number of nitrogen functional groups attached to an aromatic ring is 1. The van der Waals surface area contributed by atoms with Crippen molar-refractivity contribution in [2.75, 3.05) is 12.3 Å². The van der Waals surface area contributed by atoms with Gasteiger partial charge in [-0.3, -0.25) is 4.79 Å². The van der Waals surface area contributed by atoms with E-state index in [9.17, 15) is 4.79 Å². The second-order valence-electron chi connectivity index (χ2n) is 9.55. The van der Waals surface area contributed by atoms with Crippen LogP contribution in [0.3, 0.4) is 0 Å². The molecule has 2 aliphatic rings. The molecule has 2 unspecified atom stereocenters. The van der Waals surface area contributed by atoms with Gasteiger partial charge in [-0.25, -0.2) is 4.98 Å². The summed E-state index contributed by atoms with van der Waals surface area (Å²) in [6, 6.07) is 4.41. The van der Waals surface area contributed by atoms with Crippen LogP contribution in [0.15, 0.2) is 12.1 Å². The largest absolute Gasteiger partial charge is 0.397 e. The quantitative estimate of drug-likeness (QED) is 0.781. The number of hydrogen-bond acceptors (Lipinski definition) is 4. The summed E-state index contributed by atoms with van der Waals surface area (Å²) >= 11 is 1.47. The normalized spacial score (nSPS) is 26.7. The number of carbonyl (C=O) groups excluding carboxylic acids is 1. The molecule has 1 amide bonds. The maximum atomic E-state index is 13.5. The molecule has 2 fully saturated rings. The van der Waals surface area contributed by atoms with Gasteiger partial charge in [0.25, 0.3) is 5.91 Å². The lowest BCUT2D eigenvalue weighted by Gasteiger charge is -2.40. The van der Waals surface area contributed by atoms with Crippen LogP contribution in [0, 0.1) is 10.8 Å². The molecular formula is C22H31N3OS. The SMILES string of the molecule is CCCCc1ccc2c(N)c(C(=O)N3CCC4(C)CC3C(C)(C)C4)sc2n1. The van der Waals surface area contributed by atoms with Gasteiger partial charge in [-0.05, 0) is 55.1 Å². The Morgan fingerprint density at radius 3 is 2.89 bits per heavy atom. The number of fused-ring (bicyclic) bond motifs is 3. The number of hydrogen-bond donors (Lipinski definition) is 1. The molecule has 0 aromatic carbocycles. The fraction of sp³-hybridized carbons (Fsp3) is 0.636. The Morgan fingerprint density at radius 2 is 2.15 bits per heavy atom.